The first-order valence-electron chi connectivity index (χ1n) is 13.0. The summed E-state index contributed by atoms with van der Waals surface area (Å²) in [5.41, 5.74) is 3.22. The number of nitrogens with one attached hydrogen (secondary N) is 1. The highest BCUT2D eigenvalue weighted by Crippen LogP contribution is 2.26. The Morgan fingerprint density at radius 3 is 2.25 bits per heavy atom. The van der Waals surface area contributed by atoms with Crippen molar-refractivity contribution in [2.75, 3.05) is 31.5 Å². The van der Waals surface area contributed by atoms with Gasteiger partial charge in [-0.15, -0.1) is 0 Å². The summed E-state index contributed by atoms with van der Waals surface area (Å²) < 4.78 is 0. The van der Waals surface area contributed by atoms with E-state index in [1.54, 1.807) is 11.0 Å². The summed E-state index contributed by atoms with van der Waals surface area (Å²) in [6.45, 7) is 8.98. The zero-order valence-corrected chi connectivity index (χ0v) is 21.6. The number of rotatable bonds is 5. The third kappa shape index (κ3) is 6.42. The molecular weight excluding hydrogens is 450 g/mol. The Morgan fingerprint density at radius 2 is 1.58 bits per heavy atom. The Kier molecular flexibility index (Phi) is 8.24. The lowest BCUT2D eigenvalue weighted by Crippen LogP contribution is -2.42. The Labute approximate surface area is 214 Å². The van der Waals surface area contributed by atoms with E-state index in [0.717, 1.165) is 30.6 Å². The van der Waals surface area contributed by atoms with Crippen LogP contribution >= 0.6 is 0 Å². The average Bonchev–Trinajstić information content (AvgIpc) is 2.88. The molecule has 0 saturated carbocycles. The fourth-order valence-electron chi connectivity index (χ4n) is 5.33. The van der Waals surface area contributed by atoms with E-state index in [9.17, 15) is 14.4 Å². The Bertz CT molecular complexity index is 1110. The summed E-state index contributed by atoms with van der Waals surface area (Å²) in [6, 6.07) is 15.3. The van der Waals surface area contributed by atoms with Crippen LogP contribution in [0.25, 0.3) is 6.08 Å². The van der Waals surface area contributed by atoms with Crippen LogP contribution in [0.4, 0.5) is 5.69 Å². The van der Waals surface area contributed by atoms with Crippen molar-refractivity contribution in [1.29, 1.82) is 0 Å². The zero-order chi connectivity index (χ0) is 25.7. The van der Waals surface area contributed by atoms with Crippen molar-refractivity contribution in [3.63, 3.8) is 0 Å². The molecule has 2 aliphatic heterocycles. The fraction of sp³-hybridized carbons (Fsp3) is 0.433. The van der Waals surface area contributed by atoms with Gasteiger partial charge in [-0.3, -0.25) is 14.4 Å². The molecule has 2 saturated heterocycles. The molecule has 3 amide bonds. The molecule has 2 heterocycles. The quantitative estimate of drug-likeness (QED) is 0.603. The summed E-state index contributed by atoms with van der Waals surface area (Å²) in [4.78, 5) is 42.5. The van der Waals surface area contributed by atoms with E-state index in [2.05, 4.69) is 19.2 Å². The van der Waals surface area contributed by atoms with E-state index in [1.165, 1.54) is 0 Å². The highest BCUT2D eigenvalue weighted by atomic mass is 16.2. The molecule has 6 nitrogen and oxygen atoms in total. The number of carbonyl (C=O) groups is 3. The van der Waals surface area contributed by atoms with Crippen LogP contribution in [-0.4, -0.2) is 53.7 Å². The van der Waals surface area contributed by atoms with Crippen LogP contribution in [-0.2, 0) is 9.59 Å². The molecular formula is C30H37N3O3. The van der Waals surface area contributed by atoms with Gasteiger partial charge in [-0.05, 0) is 67.4 Å². The topological polar surface area (TPSA) is 69.7 Å². The fourth-order valence-corrected chi connectivity index (χ4v) is 5.33. The van der Waals surface area contributed by atoms with Crippen LogP contribution in [0.1, 0.15) is 54.6 Å². The molecule has 2 aromatic carbocycles. The molecule has 2 aliphatic rings. The number of carbonyl (C=O) groups excluding carboxylic acids is 3. The molecule has 190 valence electrons. The standard InChI is InChI=1S/C30H37N3O3/c1-21-17-22(2)20-33(19-21)30(36)26-11-9-23(3)27(18-26)31-29(35)25-13-15-32(16-14-25)28(34)12-10-24-7-5-4-6-8-24/h4-12,18,21-22,25H,13-17,19-20H2,1-3H3,(H,31,35)/b12-10+. The van der Waals surface area contributed by atoms with Crippen molar-refractivity contribution in [3.05, 3.63) is 71.3 Å². The first-order valence-corrected chi connectivity index (χ1v) is 13.0. The summed E-state index contributed by atoms with van der Waals surface area (Å²) in [7, 11) is 0. The van der Waals surface area contributed by atoms with Gasteiger partial charge in [0.2, 0.25) is 11.8 Å². The second-order valence-corrected chi connectivity index (χ2v) is 10.5. The van der Waals surface area contributed by atoms with Crippen LogP contribution in [0.3, 0.4) is 0 Å². The number of hydrogen-bond acceptors (Lipinski definition) is 3. The number of hydrogen-bond donors (Lipinski definition) is 1. The van der Waals surface area contributed by atoms with Crippen molar-refractivity contribution in [2.24, 2.45) is 17.8 Å². The van der Waals surface area contributed by atoms with E-state index >= 15 is 0 Å². The van der Waals surface area contributed by atoms with Gasteiger partial charge in [-0.1, -0.05) is 50.2 Å². The smallest absolute Gasteiger partial charge is 0.253 e. The molecule has 6 heteroatoms. The Hall–Kier alpha value is -3.41. The number of nitrogens with zero attached hydrogens (tertiary/aromatic N) is 2. The van der Waals surface area contributed by atoms with Crippen molar-refractivity contribution in [2.45, 2.75) is 40.0 Å². The molecule has 2 fully saturated rings. The molecule has 0 aromatic heterocycles. The van der Waals surface area contributed by atoms with E-state index in [4.69, 9.17) is 0 Å². The van der Waals surface area contributed by atoms with Gasteiger partial charge in [-0.25, -0.2) is 0 Å². The number of piperidine rings is 2. The highest BCUT2D eigenvalue weighted by Gasteiger charge is 2.28. The highest BCUT2D eigenvalue weighted by molar-refractivity contribution is 5.98. The monoisotopic (exact) mass is 487 g/mol. The van der Waals surface area contributed by atoms with Gasteiger partial charge in [0, 0.05) is 49.4 Å². The average molecular weight is 488 g/mol. The number of amides is 3. The van der Waals surface area contributed by atoms with Crippen LogP contribution in [0.5, 0.6) is 0 Å². The van der Waals surface area contributed by atoms with E-state index < -0.39 is 0 Å². The van der Waals surface area contributed by atoms with Crippen molar-refractivity contribution in [3.8, 4) is 0 Å². The first-order chi connectivity index (χ1) is 17.3. The molecule has 4 rings (SSSR count). The molecule has 0 aliphatic carbocycles. The predicted octanol–water partition coefficient (Wildman–Crippen LogP) is 5.00. The number of aryl methyl sites for hydroxylation is 1. The second-order valence-electron chi connectivity index (χ2n) is 10.5. The number of anilines is 1. The maximum absolute atomic E-state index is 13.2. The lowest BCUT2D eigenvalue weighted by atomic mass is 9.91. The lowest BCUT2D eigenvalue weighted by Gasteiger charge is -2.35. The minimum atomic E-state index is -0.158. The maximum atomic E-state index is 13.2. The molecule has 0 spiro atoms. The normalized spacial score (nSPS) is 21.0. The molecule has 2 aromatic rings. The van der Waals surface area contributed by atoms with Gasteiger partial charge in [0.15, 0.2) is 0 Å². The first kappa shape index (κ1) is 25.7. The van der Waals surface area contributed by atoms with Crippen LogP contribution in [0.15, 0.2) is 54.6 Å². The second kappa shape index (κ2) is 11.5. The van der Waals surface area contributed by atoms with Crippen LogP contribution in [0.2, 0.25) is 0 Å². The van der Waals surface area contributed by atoms with Gasteiger partial charge >= 0.3 is 0 Å². The minimum absolute atomic E-state index is 0.0267. The maximum Gasteiger partial charge on any atom is 0.253 e. The summed E-state index contributed by atoms with van der Waals surface area (Å²) in [5, 5.41) is 3.06. The molecule has 1 N–H and O–H groups in total. The summed E-state index contributed by atoms with van der Waals surface area (Å²) in [6.07, 6.45) is 5.82. The van der Waals surface area contributed by atoms with Gasteiger partial charge in [0.1, 0.15) is 0 Å². The van der Waals surface area contributed by atoms with Crippen LogP contribution in [0, 0.1) is 24.7 Å². The summed E-state index contributed by atoms with van der Waals surface area (Å²) >= 11 is 0. The lowest BCUT2D eigenvalue weighted by molar-refractivity contribution is -0.130. The predicted molar refractivity (Wildman–Crippen MR) is 143 cm³/mol. The third-order valence-electron chi connectivity index (χ3n) is 7.29. The molecule has 36 heavy (non-hydrogen) atoms. The Morgan fingerprint density at radius 1 is 0.917 bits per heavy atom. The van der Waals surface area contributed by atoms with Crippen LogP contribution < -0.4 is 5.32 Å². The van der Waals surface area contributed by atoms with Gasteiger partial charge in [0.05, 0.1) is 0 Å². The summed E-state index contributed by atoms with van der Waals surface area (Å²) in [5.74, 6) is 0.785. The number of benzene rings is 2. The van der Waals surface area contributed by atoms with E-state index in [-0.39, 0.29) is 23.6 Å². The largest absolute Gasteiger partial charge is 0.339 e. The van der Waals surface area contributed by atoms with Crippen molar-refractivity contribution in [1.82, 2.24) is 9.80 Å². The zero-order valence-electron chi connectivity index (χ0n) is 21.6. The van der Waals surface area contributed by atoms with Gasteiger partial charge in [0.25, 0.3) is 5.91 Å². The molecule has 2 atom stereocenters. The van der Waals surface area contributed by atoms with Gasteiger partial charge in [-0.2, -0.15) is 0 Å². The third-order valence-corrected chi connectivity index (χ3v) is 7.29. The van der Waals surface area contributed by atoms with Crippen molar-refractivity contribution >= 4 is 29.5 Å². The number of likely N-dealkylation sites (tertiary alicyclic amines) is 2. The Balaban J connectivity index is 1.33. The SMILES string of the molecule is Cc1ccc(C(=O)N2CC(C)CC(C)C2)cc1NC(=O)C1CCN(C(=O)/C=C/c2ccccc2)CC1. The van der Waals surface area contributed by atoms with Gasteiger partial charge < -0.3 is 15.1 Å². The molecule has 0 bridgehead atoms. The van der Waals surface area contributed by atoms with E-state index in [0.29, 0.717) is 49.0 Å². The molecule has 2 unspecified atom stereocenters. The minimum Gasteiger partial charge on any atom is -0.339 e. The van der Waals surface area contributed by atoms with E-state index in [1.807, 2.05) is 66.4 Å². The van der Waals surface area contributed by atoms with Crippen molar-refractivity contribution < 1.29 is 14.4 Å². The molecule has 0 radical (unpaired) electrons.